The molecule has 1 aromatic heterocycles. The second-order valence-corrected chi connectivity index (χ2v) is 7.64. The molecule has 0 radical (unpaired) electrons. The minimum absolute atomic E-state index is 0.0616. The van der Waals surface area contributed by atoms with Crippen LogP contribution in [0.2, 0.25) is 0 Å². The number of hydrogen-bond acceptors (Lipinski definition) is 9. The van der Waals surface area contributed by atoms with Crippen LogP contribution in [0.25, 0.3) is 22.8 Å². The van der Waals surface area contributed by atoms with Crippen molar-refractivity contribution in [2.45, 2.75) is 6.54 Å². The minimum atomic E-state index is -0.420. The summed E-state index contributed by atoms with van der Waals surface area (Å²) in [5, 5.41) is 15.9. The standard InChI is InChI=1S/C25H24N4O6/c1-28(15-16-8-6-5-7-9-16)19-11-10-17(12-20(19)29(30)31)25-26-24(27-35-25)18-13-21(32-2)23(34-4)22(14-18)33-3/h5-14H,15H2,1-4H3. The molecular weight excluding hydrogens is 452 g/mol. The number of aromatic nitrogens is 2. The van der Waals surface area contributed by atoms with Crippen LogP contribution in [0.1, 0.15) is 5.56 Å². The zero-order chi connectivity index (χ0) is 24.9. The summed E-state index contributed by atoms with van der Waals surface area (Å²) in [6.45, 7) is 0.521. The van der Waals surface area contributed by atoms with E-state index >= 15 is 0 Å². The molecule has 4 aromatic rings. The van der Waals surface area contributed by atoms with E-state index in [0.29, 0.717) is 40.6 Å². The van der Waals surface area contributed by atoms with Crippen LogP contribution in [0.4, 0.5) is 11.4 Å². The van der Waals surface area contributed by atoms with Gasteiger partial charge in [-0.2, -0.15) is 4.98 Å². The highest BCUT2D eigenvalue weighted by atomic mass is 16.6. The lowest BCUT2D eigenvalue weighted by Gasteiger charge is -2.19. The first-order chi connectivity index (χ1) is 16.9. The van der Waals surface area contributed by atoms with Crippen molar-refractivity contribution in [1.82, 2.24) is 10.1 Å². The Hall–Kier alpha value is -4.60. The molecule has 0 spiro atoms. The Kier molecular flexibility index (Phi) is 6.81. The van der Waals surface area contributed by atoms with E-state index in [1.165, 1.54) is 27.4 Å². The molecule has 0 amide bonds. The predicted octanol–water partition coefficient (Wildman–Crippen LogP) is 4.97. The number of benzene rings is 3. The highest BCUT2D eigenvalue weighted by Crippen LogP contribution is 2.41. The van der Waals surface area contributed by atoms with Crippen molar-refractivity contribution in [2.75, 3.05) is 33.3 Å². The molecule has 0 bridgehead atoms. The summed E-state index contributed by atoms with van der Waals surface area (Å²) in [5.41, 5.74) is 2.46. The van der Waals surface area contributed by atoms with Gasteiger partial charge in [0.2, 0.25) is 11.6 Å². The normalized spacial score (nSPS) is 10.6. The molecule has 0 N–H and O–H groups in total. The molecule has 180 valence electrons. The molecule has 10 nitrogen and oxygen atoms in total. The molecule has 0 aliphatic rings. The molecule has 1 heterocycles. The largest absolute Gasteiger partial charge is 0.493 e. The maximum absolute atomic E-state index is 11.9. The minimum Gasteiger partial charge on any atom is -0.493 e. The van der Waals surface area contributed by atoms with Gasteiger partial charge in [-0.25, -0.2) is 0 Å². The summed E-state index contributed by atoms with van der Waals surface area (Å²) in [7, 11) is 6.35. The van der Waals surface area contributed by atoms with Crippen molar-refractivity contribution in [3.8, 4) is 40.1 Å². The summed E-state index contributed by atoms with van der Waals surface area (Å²) in [6, 6.07) is 18.0. The first-order valence-electron chi connectivity index (χ1n) is 10.6. The molecule has 0 aliphatic carbocycles. The van der Waals surface area contributed by atoms with Crippen LogP contribution in [0.5, 0.6) is 17.2 Å². The van der Waals surface area contributed by atoms with Gasteiger partial charge in [-0.05, 0) is 29.8 Å². The quantitative estimate of drug-likeness (QED) is 0.244. The van der Waals surface area contributed by atoms with Crippen LogP contribution >= 0.6 is 0 Å². The average molecular weight is 476 g/mol. The van der Waals surface area contributed by atoms with Crippen LogP contribution in [0, 0.1) is 10.1 Å². The smallest absolute Gasteiger partial charge is 0.293 e. The van der Waals surface area contributed by atoms with E-state index in [-0.39, 0.29) is 17.4 Å². The molecule has 0 fully saturated rings. The molecule has 10 heteroatoms. The molecule has 0 atom stereocenters. The zero-order valence-corrected chi connectivity index (χ0v) is 19.7. The summed E-state index contributed by atoms with van der Waals surface area (Å²) in [5.74, 6) is 1.74. The number of ether oxygens (including phenoxy) is 3. The van der Waals surface area contributed by atoms with E-state index in [0.717, 1.165) is 5.56 Å². The number of nitro benzene ring substituents is 1. The lowest BCUT2D eigenvalue weighted by Crippen LogP contribution is -2.17. The predicted molar refractivity (Wildman–Crippen MR) is 130 cm³/mol. The second kappa shape index (κ2) is 10.1. The summed E-state index contributed by atoms with van der Waals surface area (Å²) >= 11 is 0. The Morgan fingerprint density at radius 1 is 0.943 bits per heavy atom. The van der Waals surface area contributed by atoms with Gasteiger partial charge in [-0.1, -0.05) is 35.5 Å². The van der Waals surface area contributed by atoms with Gasteiger partial charge in [0, 0.05) is 30.8 Å². The van der Waals surface area contributed by atoms with E-state index in [2.05, 4.69) is 10.1 Å². The molecule has 0 aliphatic heterocycles. The maximum atomic E-state index is 11.9. The monoisotopic (exact) mass is 476 g/mol. The molecule has 3 aromatic carbocycles. The first kappa shape index (κ1) is 23.6. The maximum Gasteiger partial charge on any atom is 0.293 e. The van der Waals surface area contributed by atoms with Crippen LogP contribution < -0.4 is 19.1 Å². The van der Waals surface area contributed by atoms with Gasteiger partial charge in [0.15, 0.2) is 11.5 Å². The molecule has 0 saturated heterocycles. The van der Waals surface area contributed by atoms with Gasteiger partial charge in [0.25, 0.3) is 11.6 Å². The zero-order valence-electron chi connectivity index (χ0n) is 19.7. The van der Waals surface area contributed by atoms with Gasteiger partial charge in [-0.15, -0.1) is 0 Å². The number of anilines is 1. The SMILES string of the molecule is COc1cc(-c2noc(-c3ccc(N(C)Cc4ccccc4)c([N+](=O)[O-])c3)n2)cc(OC)c1OC. The molecule has 35 heavy (non-hydrogen) atoms. The van der Waals surface area contributed by atoms with E-state index in [4.69, 9.17) is 18.7 Å². The Morgan fingerprint density at radius 2 is 1.63 bits per heavy atom. The highest BCUT2D eigenvalue weighted by molar-refractivity contribution is 5.72. The van der Waals surface area contributed by atoms with Crippen LogP contribution in [0.3, 0.4) is 0 Å². The highest BCUT2D eigenvalue weighted by Gasteiger charge is 2.22. The van der Waals surface area contributed by atoms with E-state index in [1.807, 2.05) is 42.3 Å². The lowest BCUT2D eigenvalue weighted by atomic mass is 10.1. The summed E-state index contributed by atoms with van der Waals surface area (Å²) in [4.78, 5) is 17.7. The molecule has 0 saturated carbocycles. The van der Waals surface area contributed by atoms with Crippen molar-refractivity contribution in [3.63, 3.8) is 0 Å². The summed E-state index contributed by atoms with van der Waals surface area (Å²) in [6.07, 6.45) is 0. The van der Waals surface area contributed by atoms with Crippen molar-refractivity contribution in [2.24, 2.45) is 0 Å². The molecular formula is C25H24N4O6. The number of rotatable bonds is 9. The molecule has 4 rings (SSSR count). The Labute approximate surface area is 201 Å². The van der Waals surface area contributed by atoms with E-state index in [9.17, 15) is 10.1 Å². The fraction of sp³-hybridized carbons (Fsp3) is 0.200. The second-order valence-electron chi connectivity index (χ2n) is 7.64. The topological polar surface area (TPSA) is 113 Å². The van der Waals surface area contributed by atoms with Crippen molar-refractivity contribution < 1.29 is 23.7 Å². The third kappa shape index (κ3) is 4.86. The average Bonchev–Trinajstić information content (AvgIpc) is 3.38. The third-order valence-corrected chi connectivity index (χ3v) is 5.44. The van der Waals surface area contributed by atoms with Gasteiger partial charge in [0.1, 0.15) is 5.69 Å². The van der Waals surface area contributed by atoms with Gasteiger partial charge in [0.05, 0.1) is 26.3 Å². The van der Waals surface area contributed by atoms with Crippen molar-refractivity contribution >= 4 is 11.4 Å². The van der Waals surface area contributed by atoms with Crippen LogP contribution in [0.15, 0.2) is 65.2 Å². The Bertz CT molecular complexity index is 1310. The van der Waals surface area contributed by atoms with E-state index in [1.54, 1.807) is 24.3 Å². The van der Waals surface area contributed by atoms with Gasteiger partial charge >= 0.3 is 0 Å². The number of nitrogens with zero attached hydrogens (tertiary/aromatic N) is 4. The Morgan fingerprint density at radius 3 is 2.23 bits per heavy atom. The first-order valence-corrected chi connectivity index (χ1v) is 10.6. The van der Waals surface area contributed by atoms with Crippen molar-refractivity contribution in [1.29, 1.82) is 0 Å². The number of hydrogen-bond donors (Lipinski definition) is 0. The lowest BCUT2D eigenvalue weighted by molar-refractivity contribution is -0.384. The fourth-order valence-corrected chi connectivity index (χ4v) is 3.74. The van der Waals surface area contributed by atoms with Crippen LogP contribution in [-0.2, 0) is 6.54 Å². The number of methoxy groups -OCH3 is 3. The summed E-state index contributed by atoms with van der Waals surface area (Å²) < 4.78 is 21.5. The van der Waals surface area contributed by atoms with E-state index < -0.39 is 4.92 Å². The fourth-order valence-electron chi connectivity index (χ4n) is 3.74. The van der Waals surface area contributed by atoms with Crippen LogP contribution in [-0.4, -0.2) is 43.4 Å². The van der Waals surface area contributed by atoms with Gasteiger partial charge in [-0.3, -0.25) is 10.1 Å². The number of nitro groups is 1. The van der Waals surface area contributed by atoms with Gasteiger partial charge < -0.3 is 23.6 Å². The molecule has 0 unspecified atom stereocenters. The Balaban J connectivity index is 1.66. The van der Waals surface area contributed by atoms with Crippen molar-refractivity contribution in [3.05, 3.63) is 76.3 Å². The third-order valence-electron chi connectivity index (χ3n) is 5.44.